The van der Waals surface area contributed by atoms with E-state index in [1.807, 2.05) is 19.0 Å². The maximum absolute atomic E-state index is 12.0. The van der Waals surface area contributed by atoms with E-state index < -0.39 is 11.5 Å². The minimum Gasteiger partial charge on any atom is -0.461 e. The summed E-state index contributed by atoms with van der Waals surface area (Å²) in [6.07, 6.45) is 1.51. The number of rotatable bonds is 6. The first-order valence-electron chi connectivity index (χ1n) is 6.53. The van der Waals surface area contributed by atoms with Crippen molar-refractivity contribution in [2.75, 3.05) is 27.2 Å². The van der Waals surface area contributed by atoms with Gasteiger partial charge in [-0.05, 0) is 33.2 Å². The number of hydrogen-bond acceptors (Lipinski definition) is 6. The van der Waals surface area contributed by atoms with Crippen LogP contribution in [0.5, 0.6) is 0 Å². The first-order valence-corrected chi connectivity index (χ1v) is 6.53. The highest BCUT2D eigenvalue weighted by Gasteiger charge is 2.23. The van der Waals surface area contributed by atoms with Crippen molar-refractivity contribution >= 4 is 5.91 Å². The Morgan fingerprint density at radius 1 is 1.48 bits per heavy atom. The molecule has 0 aliphatic heterocycles. The van der Waals surface area contributed by atoms with Gasteiger partial charge >= 0.3 is 0 Å². The van der Waals surface area contributed by atoms with E-state index in [1.165, 1.54) is 12.3 Å². The van der Waals surface area contributed by atoms with Crippen LogP contribution >= 0.6 is 0 Å². The number of carbonyl (C=O) groups excluding carboxylic acids is 1. The van der Waals surface area contributed by atoms with Crippen molar-refractivity contribution in [2.24, 2.45) is 0 Å². The number of carbonyl (C=O) groups is 1. The van der Waals surface area contributed by atoms with Gasteiger partial charge in [0, 0.05) is 19.2 Å². The number of furan rings is 1. The predicted octanol–water partition coefficient (Wildman–Crippen LogP) is 0.977. The molecule has 2 heterocycles. The lowest BCUT2D eigenvalue weighted by Gasteiger charge is -2.26. The smallest absolute Gasteiger partial charge is 0.273 e. The Hall–Kier alpha value is -2.12. The first-order chi connectivity index (χ1) is 9.87. The maximum Gasteiger partial charge on any atom is 0.273 e. The molecule has 114 valence electrons. The average molecular weight is 293 g/mol. The van der Waals surface area contributed by atoms with Crippen LogP contribution in [0.25, 0.3) is 11.5 Å². The van der Waals surface area contributed by atoms with Crippen LogP contribution in [-0.2, 0) is 0 Å². The van der Waals surface area contributed by atoms with Gasteiger partial charge in [-0.15, -0.1) is 0 Å². The monoisotopic (exact) mass is 293 g/mol. The highest BCUT2D eigenvalue weighted by molar-refractivity contribution is 5.92. The summed E-state index contributed by atoms with van der Waals surface area (Å²) in [7, 11) is 3.70. The third kappa shape index (κ3) is 4.17. The van der Waals surface area contributed by atoms with Gasteiger partial charge in [-0.25, -0.2) is 0 Å². The van der Waals surface area contributed by atoms with E-state index in [9.17, 15) is 9.90 Å². The number of nitrogens with zero attached hydrogens (tertiary/aromatic N) is 2. The number of aliphatic hydroxyl groups is 1. The minimum atomic E-state index is -1.02. The van der Waals surface area contributed by atoms with E-state index in [-0.39, 0.29) is 12.2 Å². The van der Waals surface area contributed by atoms with Crippen LogP contribution in [0.2, 0.25) is 0 Å². The van der Waals surface area contributed by atoms with Crippen LogP contribution < -0.4 is 5.32 Å². The van der Waals surface area contributed by atoms with Crippen molar-refractivity contribution in [2.45, 2.75) is 12.5 Å². The van der Waals surface area contributed by atoms with Gasteiger partial charge in [0.25, 0.3) is 5.91 Å². The SMILES string of the molecule is CN(C)CC(C)(O)CNC(=O)c1cc(-c2ccco2)on1. The van der Waals surface area contributed by atoms with Crippen LogP contribution in [0, 0.1) is 0 Å². The summed E-state index contributed by atoms with van der Waals surface area (Å²) in [5.74, 6) is 0.474. The van der Waals surface area contributed by atoms with E-state index >= 15 is 0 Å². The second-order valence-electron chi connectivity index (χ2n) is 5.47. The van der Waals surface area contributed by atoms with Crippen LogP contribution in [-0.4, -0.2) is 53.9 Å². The van der Waals surface area contributed by atoms with Crippen molar-refractivity contribution in [3.63, 3.8) is 0 Å². The molecule has 21 heavy (non-hydrogen) atoms. The maximum atomic E-state index is 12.0. The molecule has 0 saturated heterocycles. The molecule has 0 aromatic carbocycles. The van der Waals surface area contributed by atoms with Gasteiger partial charge in [-0.3, -0.25) is 4.79 Å². The molecule has 1 amide bonds. The quantitative estimate of drug-likeness (QED) is 0.825. The van der Waals surface area contributed by atoms with Gasteiger partial charge in [0.15, 0.2) is 11.5 Å². The Morgan fingerprint density at radius 3 is 2.86 bits per heavy atom. The molecule has 2 N–H and O–H groups in total. The summed E-state index contributed by atoms with van der Waals surface area (Å²) in [5, 5.41) is 16.4. The third-order valence-corrected chi connectivity index (χ3v) is 2.79. The Labute approximate surface area is 122 Å². The van der Waals surface area contributed by atoms with E-state index in [2.05, 4.69) is 10.5 Å². The van der Waals surface area contributed by atoms with Gasteiger partial charge in [-0.1, -0.05) is 5.16 Å². The second-order valence-corrected chi connectivity index (χ2v) is 5.47. The van der Waals surface area contributed by atoms with E-state index in [1.54, 1.807) is 19.1 Å². The van der Waals surface area contributed by atoms with E-state index in [0.29, 0.717) is 18.1 Å². The molecule has 1 unspecified atom stereocenters. The van der Waals surface area contributed by atoms with Crippen molar-refractivity contribution in [3.8, 4) is 11.5 Å². The average Bonchev–Trinajstić information content (AvgIpc) is 3.04. The van der Waals surface area contributed by atoms with Crippen LogP contribution in [0.1, 0.15) is 17.4 Å². The summed E-state index contributed by atoms with van der Waals surface area (Å²) in [6, 6.07) is 4.93. The van der Waals surface area contributed by atoms with Crippen molar-refractivity contribution in [3.05, 3.63) is 30.2 Å². The zero-order chi connectivity index (χ0) is 15.5. The fourth-order valence-corrected chi connectivity index (χ4v) is 2.02. The lowest BCUT2D eigenvalue weighted by molar-refractivity contribution is 0.0324. The molecule has 7 heteroatoms. The third-order valence-electron chi connectivity index (χ3n) is 2.79. The summed E-state index contributed by atoms with van der Waals surface area (Å²) in [5.41, 5.74) is -0.880. The predicted molar refractivity (Wildman–Crippen MR) is 75.7 cm³/mol. The fraction of sp³-hybridized carbons (Fsp3) is 0.429. The topological polar surface area (TPSA) is 91.7 Å². The lowest BCUT2D eigenvalue weighted by Crippen LogP contribution is -2.47. The molecule has 0 aliphatic carbocycles. The molecule has 0 fully saturated rings. The lowest BCUT2D eigenvalue weighted by atomic mass is 10.1. The standard InChI is InChI=1S/C14H19N3O4/c1-14(19,9-17(2)3)8-15-13(18)10-7-12(21-16-10)11-5-4-6-20-11/h4-7,19H,8-9H2,1-3H3,(H,15,18). The van der Waals surface area contributed by atoms with Crippen molar-refractivity contribution in [1.29, 1.82) is 0 Å². The summed E-state index contributed by atoms with van der Waals surface area (Å²) in [4.78, 5) is 13.8. The van der Waals surface area contributed by atoms with E-state index in [4.69, 9.17) is 8.94 Å². The molecule has 7 nitrogen and oxygen atoms in total. The zero-order valence-corrected chi connectivity index (χ0v) is 12.3. The minimum absolute atomic E-state index is 0.118. The molecule has 0 spiro atoms. The first kappa shape index (κ1) is 15.3. The molecule has 0 saturated carbocycles. The largest absolute Gasteiger partial charge is 0.461 e. The normalized spacial score (nSPS) is 14.1. The Balaban J connectivity index is 1.95. The molecular weight excluding hydrogens is 274 g/mol. The van der Waals surface area contributed by atoms with E-state index in [0.717, 1.165) is 0 Å². The fourth-order valence-electron chi connectivity index (χ4n) is 2.02. The number of nitrogens with one attached hydrogen (secondary N) is 1. The van der Waals surface area contributed by atoms with Crippen molar-refractivity contribution in [1.82, 2.24) is 15.4 Å². The number of amides is 1. The van der Waals surface area contributed by atoms with Crippen LogP contribution in [0.4, 0.5) is 0 Å². The Kier molecular flexibility index (Phi) is 4.44. The summed E-state index contributed by atoms with van der Waals surface area (Å²) < 4.78 is 10.2. The van der Waals surface area contributed by atoms with Gasteiger partial charge in [0.05, 0.1) is 11.9 Å². The molecule has 2 aromatic heterocycles. The highest BCUT2D eigenvalue weighted by Crippen LogP contribution is 2.20. The molecule has 0 radical (unpaired) electrons. The highest BCUT2D eigenvalue weighted by atomic mass is 16.5. The number of aromatic nitrogens is 1. The van der Waals surface area contributed by atoms with Gasteiger partial charge in [0.1, 0.15) is 0 Å². The molecule has 2 aromatic rings. The van der Waals surface area contributed by atoms with Crippen LogP contribution in [0.15, 0.2) is 33.4 Å². The summed E-state index contributed by atoms with van der Waals surface area (Å²) >= 11 is 0. The molecular formula is C14H19N3O4. The van der Waals surface area contributed by atoms with Gasteiger partial charge < -0.3 is 24.3 Å². The summed E-state index contributed by atoms with van der Waals surface area (Å²) in [6.45, 7) is 2.21. The molecule has 2 rings (SSSR count). The number of hydrogen-bond donors (Lipinski definition) is 2. The molecule has 0 bridgehead atoms. The molecule has 1 atom stereocenters. The van der Waals surface area contributed by atoms with Gasteiger partial charge in [-0.2, -0.15) is 0 Å². The Morgan fingerprint density at radius 2 is 2.24 bits per heavy atom. The van der Waals surface area contributed by atoms with Crippen molar-refractivity contribution < 1.29 is 18.8 Å². The Bertz CT molecular complexity index is 587. The molecule has 0 aliphatic rings. The zero-order valence-electron chi connectivity index (χ0n) is 12.3. The van der Waals surface area contributed by atoms with Gasteiger partial charge in [0.2, 0.25) is 5.76 Å². The number of likely N-dealkylation sites (N-methyl/N-ethyl adjacent to an activating group) is 1. The second kappa shape index (κ2) is 6.11. The van der Waals surface area contributed by atoms with Crippen LogP contribution in [0.3, 0.4) is 0 Å².